The number of nitrogens with one attached hydrogen (secondary N) is 1. The Balaban J connectivity index is 1.98. The number of ether oxygens (including phenoxy) is 1. The van der Waals surface area contributed by atoms with Crippen molar-refractivity contribution in [2.75, 3.05) is 7.11 Å². The van der Waals surface area contributed by atoms with Crippen LogP contribution >= 0.6 is 15.9 Å². The van der Waals surface area contributed by atoms with Gasteiger partial charge in [0, 0.05) is 16.6 Å². The highest BCUT2D eigenvalue weighted by Crippen LogP contribution is 2.27. The third-order valence-electron chi connectivity index (χ3n) is 3.14. The maximum Gasteiger partial charge on any atom is 0.137 e. The van der Waals surface area contributed by atoms with Crippen molar-refractivity contribution in [1.82, 2.24) is 20.1 Å². The summed E-state index contributed by atoms with van der Waals surface area (Å²) in [5.74, 6) is 0.850. The van der Waals surface area contributed by atoms with Gasteiger partial charge in [-0.2, -0.15) is 5.10 Å². The molecule has 2 atom stereocenters. The van der Waals surface area contributed by atoms with E-state index in [2.05, 4.69) is 51.2 Å². The van der Waals surface area contributed by atoms with Crippen molar-refractivity contribution in [3.63, 3.8) is 0 Å². The molecule has 20 heavy (non-hydrogen) atoms. The van der Waals surface area contributed by atoms with Gasteiger partial charge in [-0.1, -0.05) is 22.0 Å². The van der Waals surface area contributed by atoms with E-state index in [0.717, 1.165) is 16.8 Å². The summed E-state index contributed by atoms with van der Waals surface area (Å²) in [6, 6.07) is 6.55. The molecule has 0 spiro atoms. The number of hydrogen-bond acceptors (Lipinski definition) is 4. The molecule has 2 rings (SSSR count). The summed E-state index contributed by atoms with van der Waals surface area (Å²) in [5.41, 5.74) is 1.20. The van der Waals surface area contributed by atoms with Gasteiger partial charge in [-0.3, -0.25) is 4.68 Å². The lowest BCUT2D eigenvalue weighted by Crippen LogP contribution is -2.33. The van der Waals surface area contributed by atoms with Gasteiger partial charge in [-0.25, -0.2) is 4.98 Å². The second-order valence-corrected chi connectivity index (χ2v) is 5.65. The van der Waals surface area contributed by atoms with Crippen molar-refractivity contribution < 1.29 is 4.74 Å². The number of rotatable bonds is 6. The molecule has 6 heteroatoms. The highest BCUT2D eigenvalue weighted by Gasteiger charge is 2.13. The van der Waals surface area contributed by atoms with Gasteiger partial charge in [-0.05, 0) is 31.5 Å². The number of aromatic nitrogens is 3. The van der Waals surface area contributed by atoms with E-state index < -0.39 is 0 Å². The largest absolute Gasteiger partial charge is 0.497 e. The summed E-state index contributed by atoms with van der Waals surface area (Å²) in [4.78, 5) is 3.95. The first-order valence-electron chi connectivity index (χ1n) is 6.52. The van der Waals surface area contributed by atoms with E-state index in [-0.39, 0.29) is 6.04 Å². The zero-order chi connectivity index (χ0) is 14.5. The van der Waals surface area contributed by atoms with E-state index in [1.54, 1.807) is 19.8 Å². The van der Waals surface area contributed by atoms with Crippen LogP contribution in [0.5, 0.6) is 5.75 Å². The maximum atomic E-state index is 5.21. The molecule has 1 heterocycles. The van der Waals surface area contributed by atoms with Gasteiger partial charge >= 0.3 is 0 Å². The Labute approximate surface area is 127 Å². The molecule has 2 aromatic rings. The number of nitrogens with zero attached hydrogens (tertiary/aromatic N) is 3. The summed E-state index contributed by atoms with van der Waals surface area (Å²) < 4.78 is 8.08. The van der Waals surface area contributed by atoms with Crippen molar-refractivity contribution in [1.29, 1.82) is 0 Å². The van der Waals surface area contributed by atoms with Gasteiger partial charge < -0.3 is 10.1 Å². The van der Waals surface area contributed by atoms with Crippen LogP contribution in [0, 0.1) is 0 Å². The van der Waals surface area contributed by atoms with Gasteiger partial charge in [-0.15, -0.1) is 0 Å². The van der Waals surface area contributed by atoms with Crippen LogP contribution in [-0.2, 0) is 6.54 Å². The number of methoxy groups -OCH3 is 1. The summed E-state index contributed by atoms with van der Waals surface area (Å²) in [7, 11) is 1.67. The first-order chi connectivity index (χ1) is 9.60. The molecule has 0 aliphatic rings. The van der Waals surface area contributed by atoms with Crippen molar-refractivity contribution in [3.05, 3.63) is 40.9 Å². The molecule has 108 valence electrons. The van der Waals surface area contributed by atoms with Gasteiger partial charge in [0.1, 0.15) is 18.4 Å². The smallest absolute Gasteiger partial charge is 0.137 e. The van der Waals surface area contributed by atoms with E-state index >= 15 is 0 Å². The predicted octanol–water partition coefficient (Wildman–Crippen LogP) is 2.79. The quantitative estimate of drug-likeness (QED) is 0.879. The van der Waals surface area contributed by atoms with Crippen LogP contribution < -0.4 is 10.1 Å². The van der Waals surface area contributed by atoms with Crippen LogP contribution in [0.1, 0.15) is 25.5 Å². The van der Waals surface area contributed by atoms with Crippen molar-refractivity contribution in [2.24, 2.45) is 0 Å². The van der Waals surface area contributed by atoms with E-state index in [1.807, 2.05) is 16.8 Å². The Morgan fingerprint density at radius 2 is 2.20 bits per heavy atom. The average molecular weight is 339 g/mol. The molecule has 0 bridgehead atoms. The highest BCUT2D eigenvalue weighted by atomic mass is 79.9. The van der Waals surface area contributed by atoms with E-state index in [1.165, 1.54) is 5.56 Å². The number of hydrogen-bond donors (Lipinski definition) is 1. The molecule has 0 unspecified atom stereocenters. The maximum absolute atomic E-state index is 5.21. The Morgan fingerprint density at radius 1 is 1.40 bits per heavy atom. The van der Waals surface area contributed by atoms with Crippen LogP contribution in [0.3, 0.4) is 0 Å². The fourth-order valence-corrected chi connectivity index (χ4v) is 2.86. The van der Waals surface area contributed by atoms with Crippen LogP contribution in [0.4, 0.5) is 0 Å². The monoisotopic (exact) mass is 338 g/mol. The van der Waals surface area contributed by atoms with Gasteiger partial charge in [0.15, 0.2) is 0 Å². The molecule has 0 saturated carbocycles. The molecule has 1 aromatic heterocycles. The third kappa shape index (κ3) is 3.80. The Morgan fingerprint density at radius 3 is 2.80 bits per heavy atom. The fraction of sp³-hybridized carbons (Fsp3) is 0.429. The lowest BCUT2D eigenvalue weighted by Gasteiger charge is -2.21. The van der Waals surface area contributed by atoms with Crippen LogP contribution in [0.15, 0.2) is 35.3 Å². The zero-order valence-electron chi connectivity index (χ0n) is 11.9. The van der Waals surface area contributed by atoms with Gasteiger partial charge in [0.2, 0.25) is 0 Å². The molecule has 1 N–H and O–H groups in total. The normalized spacial score (nSPS) is 14.0. The zero-order valence-corrected chi connectivity index (χ0v) is 13.5. The van der Waals surface area contributed by atoms with Crippen LogP contribution in [0.2, 0.25) is 0 Å². The highest BCUT2D eigenvalue weighted by molar-refractivity contribution is 9.10. The Kier molecular flexibility index (Phi) is 5.14. The van der Waals surface area contributed by atoms with Crippen LogP contribution in [-0.4, -0.2) is 27.9 Å². The second kappa shape index (κ2) is 6.85. The lowest BCUT2D eigenvalue weighted by molar-refractivity contribution is 0.407. The minimum absolute atomic E-state index is 0.230. The molecular weight excluding hydrogens is 320 g/mol. The predicted molar refractivity (Wildman–Crippen MR) is 81.7 cm³/mol. The molecule has 0 saturated heterocycles. The van der Waals surface area contributed by atoms with Crippen molar-refractivity contribution in [3.8, 4) is 5.75 Å². The molecule has 0 fully saturated rings. The first kappa shape index (κ1) is 15.0. The summed E-state index contributed by atoms with van der Waals surface area (Å²) in [5, 5.41) is 7.67. The molecule has 1 aromatic carbocycles. The van der Waals surface area contributed by atoms with Crippen LogP contribution in [0.25, 0.3) is 0 Å². The van der Waals surface area contributed by atoms with E-state index in [9.17, 15) is 0 Å². The topological polar surface area (TPSA) is 52.0 Å². The second-order valence-electron chi connectivity index (χ2n) is 4.79. The first-order valence-corrected chi connectivity index (χ1v) is 7.31. The average Bonchev–Trinajstić information content (AvgIpc) is 2.90. The minimum atomic E-state index is 0.230. The van der Waals surface area contributed by atoms with E-state index in [0.29, 0.717) is 6.04 Å². The molecule has 0 radical (unpaired) electrons. The van der Waals surface area contributed by atoms with Crippen molar-refractivity contribution in [2.45, 2.75) is 32.5 Å². The number of benzene rings is 1. The molecule has 0 aliphatic carbocycles. The molecule has 5 nitrogen and oxygen atoms in total. The van der Waals surface area contributed by atoms with Crippen molar-refractivity contribution >= 4 is 15.9 Å². The van der Waals surface area contributed by atoms with Gasteiger partial charge in [0.05, 0.1) is 13.7 Å². The van der Waals surface area contributed by atoms with E-state index in [4.69, 9.17) is 4.74 Å². The third-order valence-corrected chi connectivity index (χ3v) is 3.82. The molecular formula is C14H19BrN4O. The number of halogens is 1. The summed E-state index contributed by atoms with van der Waals surface area (Å²) >= 11 is 3.59. The summed E-state index contributed by atoms with van der Waals surface area (Å²) in [6.45, 7) is 5.07. The lowest BCUT2D eigenvalue weighted by atomic mass is 10.1. The molecule has 0 aliphatic heterocycles. The summed E-state index contributed by atoms with van der Waals surface area (Å²) in [6.07, 6.45) is 3.28. The Bertz CT molecular complexity index is 544. The molecule has 0 amide bonds. The van der Waals surface area contributed by atoms with Gasteiger partial charge in [0.25, 0.3) is 0 Å². The fourth-order valence-electron chi connectivity index (χ4n) is 2.16. The standard InChI is InChI=1S/C14H19BrN4O/c1-10(7-19-9-16-8-17-19)18-11(2)13-5-4-12(20-3)6-14(13)15/h4-6,8-11,18H,7H2,1-3H3/t10-,11-/m1/s1. The SMILES string of the molecule is COc1ccc([C@@H](C)N[C@H](C)Cn2cncn2)c(Br)c1. The minimum Gasteiger partial charge on any atom is -0.497 e. The Hall–Kier alpha value is -1.40.